The second-order valence-corrected chi connectivity index (χ2v) is 14.7. The highest BCUT2D eigenvalue weighted by Gasteiger charge is 2.60. The number of carbonyl (C=O) groups excluding carboxylic acids is 2. The lowest BCUT2D eigenvalue weighted by Crippen LogP contribution is -2.59. The van der Waals surface area contributed by atoms with Gasteiger partial charge in [0.05, 0.1) is 23.2 Å². The number of esters is 2. The van der Waals surface area contributed by atoms with Gasteiger partial charge in [-0.05, 0) is 143 Å². The molecule has 0 unspecified atom stereocenters. The number of hydrogen-bond donors (Lipinski definition) is 0. The largest absolute Gasteiger partial charge is 0.691 e. The van der Waals surface area contributed by atoms with Crippen LogP contribution in [0, 0.1) is 47.3 Å². The summed E-state index contributed by atoms with van der Waals surface area (Å²) in [6.45, 7) is 4.28. The SMILES string of the molecule is CCC1(OC(=O)c2cc(SOO[O-])cc(C(=O)OC3(CC)C4CC5CC(C4)CC3C5)c2)C2CC3CC(C2)CC1C3. The third-order valence-corrected chi connectivity index (χ3v) is 12.8. The zero-order valence-corrected chi connectivity index (χ0v) is 24.4. The van der Waals surface area contributed by atoms with Gasteiger partial charge in [-0.2, -0.15) is 4.33 Å². The van der Waals surface area contributed by atoms with Crippen LogP contribution in [-0.2, 0) is 18.8 Å². The van der Waals surface area contributed by atoms with E-state index >= 15 is 0 Å². The van der Waals surface area contributed by atoms with Crippen molar-refractivity contribution >= 4 is 24.0 Å². The van der Waals surface area contributed by atoms with Crippen molar-refractivity contribution in [2.24, 2.45) is 47.3 Å². The van der Waals surface area contributed by atoms with Gasteiger partial charge in [0.15, 0.2) is 0 Å². The van der Waals surface area contributed by atoms with Crippen LogP contribution in [0.4, 0.5) is 0 Å². The summed E-state index contributed by atoms with van der Waals surface area (Å²) in [5.74, 6) is 3.82. The maximum atomic E-state index is 13.8. The first-order valence-corrected chi connectivity index (χ1v) is 16.3. The molecule has 9 rings (SSSR count). The quantitative estimate of drug-likeness (QED) is 0.145. The van der Waals surface area contributed by atoms with Crippen LogP contribution in [0.25, 0.3) is 0 Å². The first-order valence-electron chi connectivity index (χ1n) is 15.6. The van der Waals surface area contributed by atoms with Gasteiger partial charge in [0.25, 0.3) is 0 Å². The first kappa shape index (κ1) is 27.2. The summed E-state index contributed by atoms with van der Waals surface area (Å²) in [6.07, 6.45) is 13.4. The number of rotatable bonds is 9. The van der Waals surface area contributed by atoms with Crippen molar-refractivity contribution in [2.45, 2.75) is 107 Å². The number of hydrogen-bond acceptors (Lipinski definition) is 8. The third kappa shape index (κ3) is 4.35. The minimum absolute atomic E-state index is 0.281. The van der Waals surface area contributed by atoms with E-state index in [2.05, 4.69) is 23.2 Å². The van der Waals surface area contributed by atoms with Gasteiger partial charge in [-0.15, -0.1) is 0 Å². The van der Waals surface area contributed by atoms with Crippen molar-refractivity contribution in [1.82, 2.24) is 0 Å². The molecule has 8 fully saturated rings. The Bertz CT molecular complexity index is 1030. The Balaban J connectivity index is 1.15. The molecular formula is C32H41O7S-. The molecule has 0 spiro atoms. The van der Waals surface area contributed by atoms with Crippen molar-refractivity contribution in [2.75, 3.05) is 0 Å². The molecule has 1 aromatic carbocycles. The smallest absolute Gasteiger partial charge is 0.338 e. The Morgan fingerprint density at radius 2 is 1.07 bits per heavy atom. The van der Waals surface area contributed by atoms with E-state index in [1.807, 2.05) is 0 Å². The molecule has 218 valence electrons. The van der Waals surface area contributed by atoms with Crippen molar-refractivity contribution in [1.29, 1.82) is 0 Å². The van der Waals surface area contributed by atoms with Crippen LogP contribution in [0.1, 0.15) is 112 Å². The molecule has 0 heterocycles. The van der Waals surface area contributed by atoms with E-state index in [1.165, 1.54) is 12.8 Å². The Morgan fingerprint density at radius 3 is 1.40 bits per heavy atom. The van der Waals surface area contributed by atoms with Crippen LogP contribution < -0.4 is 5.26 Å². The van der Waals surface area contributed by atoms with Crippen LogP contribution in [0.15, 0.2) is 23.1 Å². The molecule has 0 atom stereocenters. The van der Waals surface area contributed by atoms with Crippen molar-refractivity contribution in [3.8, 4) is 0 Å². The van der Waals surface area contributed by atoms with Crippen LogP contribution in [0.2, 0.25) is 0 Å². The molecule has 8 aliphatic carbocycles. The molecule has 0 amide bonds. The van der Waals surface area contributed by atoms with E-state index in [-0.39, 0.29) is 11.1 Å². The topological polar surface area (TPSA) is 94.1 Å². The monoisotopic (exact) mass is 569 g/mol. The molecule has 0 saturated heterocycles. The predicted octanol–water partition coefficient (Wildman–Crippen LogP) is 6.44. The summed E-state index contributed by atoms with van der Waals surface area (Å²) in [7, 11) is 0. The molecule has 40 heavy (non-hydrogen) atoms. The van der Waals surface area contributed by atoms with E-state index in [1.54, 1.807) is 18.2 Å². The Labute approximate surface area is 241 Å². The molecule has 1 aromatic rings. The van der Waals surface area contributed by atoms with Crippen LogP contribution >= 0.6 is 12.0 Å². The van der Waals surface area contributed by atoms with Crippen molar-refractivity contribution < 1.29 is 33.7 Å². The fourth-order valence-electron chi connectivity index (χ4n) is 11.0. The summed E-state index contributed by atoms with van der Waals surface area (Å²) in [5.41, 5.74) is -0.335. The lowest BCUT2D eigenvalue weighted by atomic mass is 9.49. The molecule has 0 radical (unpaired) electrons. The van der Waals surface area contributed by atoms with Gasteiger partial charge in [-0.3, -0.25) is 5.04 Å². The zero-order chi connectivity index (χ0) is 27.6. The van der Waals surface area contributed by atoms with Crippen molar-refractivity contribution in [3.63, 3.8) is 0 Å². The van der Waals surface area contributed by atoms with E-state index < -0.39 is 23.1 Å². The summed E-state index contributed by atoms with van der Waals surface area (Å²) in [6, 6.07) is 4.83. The summed E-state index contributed by atoms with van der Waals surface area (Å²) in [4.78, 5) is 28.0. The number of ether oxygens (including phenoxy) is 2. The minimum Gasteiger partial charge on any atom is -0.691 e. The van der Waals surface area contributed by atoms with Gasteiger partial charge >= 0.3 is 11.9 Å². The fraction of sp³-hybridized carbons (Fsp3) is 0.750. The molecule has 8 aliphatic rings. The normalized spacial score (nSPS) is 42.3. The van der Waals surface area contributed by atoms with Gasteiger partial charge in [0.1, 0.15) is 11.2 Å². The Kier molecular flexibility index (Phi) is 7.00. The minimum atomic E-state index is -0.449. The fourth-order valence-corrected chi connectivity index (χ4v) is 11.5. The number of carbonyl (C=O) groups is 2. The molecule has 0 N–H and O–H groups in total. The van der Waals surface area contributed by atoms with Gasteiger partial charge < -0.3 is 14.7 Å². The second kappa shape index (κ2) is 10.3. The predicted molar refractivity (Wildman–Crippen MR) is 145 cm³/mol. The Morgan fingerprint density at radius 1 is 0.700 bits per heavy atom. The highest BCUT2D eigenvalue weighted by atomic mass is 32.2. The maximum absolute atomic E-state index is 13.8. The molecule has 8 saturated carbocycles. The van der Waals surface area contributed by atoms with E-state index in [0.717, 1.165) is 87.9 Å². The molecule has 0 aliphatic heterocycles. The van der Waals surface area contributed by atoms with Gasteiger partial charge in [0.2, 0.25) is 0 Å². The summed E-state index contributed by atoms with van der Waals surface area (Å²) >= 11 is 0.681. The summed E-state index contributed by atoms with van der Waals surface area (Å²) < 4.78 is 17.5. The average Bonchev–Trinajstić information content (AvgIpc) is 2.95. The van der Waals surface area contributed by atoms with E-state index in [0.29, 0.717) is 40.6 Å². The van der Waals surface area contributed by atoms with E-state index in [4.69, 9.17) is 9.47 Å². The second-order valence-electron chi connectivity index (χ2n) is 14.0. The molecule has 8 heteroatoms. The highest BCUT2D eigenvalue weighted by Crippen LogP contribution is 2.62. The zero-order valence-electron chi connectivity index (χ0n) is 23.6. The highest BCUT2D eigenvalue weighted by molar-refractivity contribution is 7.94. The summed E-state index contributed by atoms with van der Waals surface area (Å²) in [5, 5.41) is 14.2. The maximum Gasteiger partial charge on any atom is 0.338 e. The molecular weight excluding hydrogens is 528 g/mol. The molecule has 8 bridgehead atoms. The van der Waals surface area contributed by atoms with E-state index in [9.17, 15) is 14.8 Å². The third-order valence-electron chi connectivity index (χ3n) is 12.2. The van der Waals surface area contributed by atoms with Gasteiger partial charge in [-0.25, -0.2) is 9.59 Å². The van der Waals surface area contributed by atoms with Gasteiger partial charge in [-0.1, -0.05) is 13.8 Å². The standard InChI is InChI=1S/C32H42O7S/c1-3-31(24-7-18-5-19(9-24)10-25(31)8-18)36-29(33)22-15-23(17-28(16-22)40-39-38-35)30(34)37-32(4-2)26-11-20-6-21(13-26)14-27(32)12-20/h15-21,24-27,35H,3-14H2,1-2H3/p-1. The van der Waals surface area contributed by atoms with Crippen LogP contribution in [0.5, 0.6) is 0 Å². The first-order chi connectivity index (χ1) is 19.4. The average molecular weight is 570 g/mol. The lowest BCUT2D eigenvalue weighted by molar-refractivity contribution is -0.777. The molecule has 0 aromatic heterocycles. The Hall–Kier alpha value is -1.61. The lowest BCUT2D eigenvalue weighted by Gasteiger charge is -2.60. The van der Waals surface area contributed by atoms with Crippen LogP contribution in [-0.4, -0.2) is 23.1 Å². The number of benzene rings is 1. The van der Waals surface area contributed by atoms with Gasteiger partial charge in [0, 0.05) is 4.90 Å². The van der Waals surface area contributed by atoms with Crippen LogP contribution in [0.3, 0.4) is 0 Å². The van der Waals surface area contributed by atoms with Crippen molar-refractivity contribution in [3.05, 3.63) is 29.3 Å². The molecule has 7 nitrogen and oxygen atoms in total.